The molecular weight excluding hydrogens is 167 g/mol. The summed E-state index contributed by atoms with van der Waals surface area (Å²) < 4.78 is 13.3. The molecule has 2 nitrogen and oxygen atoms in total. The van der Waals surface area contributed by atoms with Crippen LogP contribution in [0.15, 0.2) is 0 Å². The van der Waals surface area contributed by atoms with Gasteiger partial charge in [-0.15, -0.1) is 16.3 Å². The highest BCUT2D eigenvalue weighted by Crippen LogP contribution is 2.18. The van der Waals surface area contributed by atoms with Crippen molar-refractivity contribution in [2.75, 3.05) is 32.3 Å². The predicted octanol–water partition coefficient (Wildman–Crippen LogP) is 1.57. The Morgan fingerprint density at radius 1 is 1.64 bits per heavy atom. The van der Waals surface area contributed by atoms with Gasteiger partial charge in [0.1, 0.15) is 13.1 Å². The number of rotatable bonds is 3. The molecule has 0 amide bonds. The van der Waals surface area contributed by atoms with Crippen LogP contribution in [0.4, 0.5) is 4.48 Å². The summed E-state index contributed by atoms with van der Waals surface area (Å²) in [6.07, 6.45) is 0.895. The number of alkyl halides is 1. The Morgan fingerprint density at radius 3 is 2.82 bits per heavy atom. The molecule has 0 bridgehead atoms. The Bertz CT molecular complexity index is 134. The van der Waals surface area contributed by atoms with Gasteiger partial charge < -0.3 is 0 Å². The third-order valence-corrected chi connectivity index (χ3v) is 2.40. The van der Waals surface area contributed by atoms with Crippen molar-refractivity contribution >= 4 is 11.6 Å². The van der Waals surface area contributed by atoms with Crippen molar-refractivity contribution in [2.24, 2.45) is 0 Å². The first-order valence-electron chi connectivity index (χ1n) is 4.04. The molecule has 1 heterocycles. The quantitative estimate of drug-likeness (QED) is 0.363. The van der Waals surface area contributed by atoms with Gasteiger partial charge in [0.05, 0.1) is 12.5 Å². The van der Waals surface area contributed by atoms with Crippen LogP contribution in [-0.2, 0) is 0 Å². The summed E-state index contributed by atoms with van der Waals surface area (Å²) in [5, 5.41) is 0. The first-order valence-corrected chi connectivity index (χ1v) is 4.58. The Hall–Kier alpha value is 0.140. The molecule has 0 aromatic heterocycles. The lowest BCUT2D eigenvalue weighted by Crippen LogP contribution is -2.39. The Morgan fingerprint density at radius 2 is 2.36 bits per heavy atom. The maximum absolute atomic E-state index is 13.6. The van der Waals surface area contributed by atoms with Crippen LogP contribution in [0.25, 0.3) is 0 Å². The van der Waals surface area contributed by atoms with Gasteiger partial charge in [-0.25, -0.2) is 4.90 Å². The lowest BCUT2D eigenvalue weighted by molar-refractivity contribution is -1.05. The van der Waals surface area contributed by atoms with Gasteiger partial charge in [0.2, 0.25) is 0 Å². The predicted molar refractivity (Wildman–Crippen MR) is 43.7 cm³/mol. The summed E-state index contributed by atoms with van der Waals surface area (Å²) in [7, 11) is 0. The van der Waals surface area contributed by atoms with Crippen LogP contribution in [0.2, 0.25) is 0 Å². The minimum Gasteiger partial charge on any atom is -0.234 e. The first kappa shape index (κ1) is 9.23. The summed E-state index contributed by atoms with van der Waals surface area (Å²) in [6, 6.07) is 0.452. The Labute approximate surface area is 72.1 Å². The summed E-state index contributed by atoms with van der Waals surface area (Å²) in [4.78, 5) is 1.93. The van der Waals surface area contributed by atoms with Crippen LogP contribution >= 0.6 is 11.6 Å². The summed E-state index contributed by atoms with van der Waals surface area (Å²) in [6.45, 7) is 4.48. The molecule has 0 saturated carbocycles. The Balaban J connectivity index is 2.37. The van der Waals surface area contributed by atoms with Crippen molar-refractivity contribution in [3.05, 3.63) is 0 Å². The molecule has 0 radical (unpaired) electrons. The van der Waals surface area contributed by atoms with E-state index in [4.69, 9.17) is 11.6 Å². The molecule has 0 aromatic carbocycles. The van der Waals surface area contributed by atoms with Gasteiger partial charge in [0.15, 0.2) is 6.67 Å². The third-order valence-electron chi connectivity index (χ3n) is 2.06. The fourth-order valence-corrected chi connectivity index (χ4v) is 1.70. The van der Waals surface area contributed by atoms with Gasteiger partial charge in [-0.05, 0) is 10.9 Å². The van der Waals surface area contributed by atoms with Gasteiger partial charge in [0, 0.05) is 0 Å². The average molecular weight is 182 g/mol. The lowest BCUT2D eigenvalue weighted by atomic mass is 10.4. The zero-order valence-electron chi connectivity index (χ0n) is 6.89. The Kier molecular flexibility index (Phi) is 3.10. The van der Waals surface area contributed by atoms with Gasteiger partial charge >= 0.3 is 0 Å². The molecule has 0 aromatic rings. The van der Waals surface area contributed by atoms with Crippen molar-refractivity contribution in [3.8, 4) is 0 Å². The second-order valence-electron chi connectivity index (χ2n) is 3.13. The van der Waals surface area contributed by atoms with Gasteiger partial charge in [-0.2, -0.15) is 0 Å². The van der Waals surface area contributed by atoms with Crippen LogP contribution in [-0.4, -0.2) is 41.9 Å². The number of quaternary nitrogens is 1. The summed E-state index contributed by atoms with van der Waals surface area (Å²) in [5.41, 5.74) is 0. The first-order chi connectivity index (χ1) is 5.20. The minimum atomic E-state index is -0.316. The van der Waals surface area contributed by atoms with E-state index in [1.165, 1.54) is 0 Å². The molecular formula is C7H15ClFN2+. The van der Waals surface area contributed by atoms with Crippen LogP contribution in [0.5, 0.6) is 0 Å². The highest BCUT2D eigenvalue weighted by molar-refractivity contribution is 6.17. The van der Waals surface area contributed by atoms with Crippen LogP contribution in [0, 0.1) is 0 Å². The normalized spacial score (nSPS) is 33.0. The van der Waals surface area contributed by atoms with Crippen molar-refractivity contribution in [1.82, 2.24) is 4.90 Å². The van der Waals surface area contributed by atoms with E-state index in [9.17, 15) is 4.48 Å². The fourth-order valence-electron chi connectivity index (χ4n) is 1.50. The molecule has 1 aliphatic heterocycles. The SMILES string of the molecule is CCC[N+]1(F)CCN(CCl)C1. The molecule has 4 heteroatoms. The largest absolute Gasteiger partial charge is 0.234 e. The molecule has 66 valence electrons. The molecule has 0 N–H and O–H groups in total. The highest BCUT2D eigenvalue weighted by atomic mass is 35.5. The van der Waals surface area contributed by atoms with Crippen LogP contribution in [0.1, 0.15) is 13.3 Å². The number of hydrogen-bond donors (Lipinski definition) is 0. The topological polar surface area (TPSA) is 3.24 Å². The minimum absolute atomic E-state index is 0.316. The van der Waals surface area contributed by atoms with Gasteiger partial charge in [0.25, 0.3) is 0 Å². The molecule has 1 rings (SSSR count). The standard InChI is InChI=1S/C7H15ClFN2/c1-2-4-11(9)5-3-10(6-8)7-11/h2-7H2,1H3/q+1. The zero-order valence-corrected chi connectivity index (χ0v) is 7.65. The molecule has 1 unspecified atom stereocenters. The molecule has 1 aliphatic rings. The molecule has 1 saturated heterocycles. The van der Waals surface area contributed by atoms with E-state index in [-0.39, 0.29) is 4.71 Å². The fraction of sp³-hybridized carbons (Fsp3) is 1.00. The van der Waals surface area contributed by atoms with E-state index in [2.05, 4.69) is 0 Å². The average Bonchev–Trinajstić information content (AvgIpc) is 2.33. The third kappa shape index (κ3) is 2.29. The molecule has 0 aliphatic carbocycles. The van der Waals surface area contributed by atoms with E-state index < -0.39 is 0 Å². The van der Waals surface area contributed by atoms with Crippen LogP contribution in [0.3, 0.4) is 0 Å². The van der Waals surface area contributed by atoms with E-state index in [1.54, 1.807) is 0 Å². The van der Waals surface area contributed by atoms with Crippen LogP contribution < -0.4 is 0 Å². The second-order valence-corrected chi connectivity index (χ2v) is 3.37. The number of nitrogens with zero attached hydrogens (tertiary/aromatic N) is 2. The van der Waals surface area contributed by atoms with E-state index >= 15 is 0 Å². The van der Waals surface area contributed by atoms with Crippen molar-refractivity contribution in [2.45, 2.75) is 13.3 Å². The van der Waals surface area contributed by atoms with Crippen molar-refractivity contribution in [1.29, 1.82) is 0 Å². The second kappa shape index (κ2) is 3.70. The van der Waals surface area contributed by atoms with Crippen molar-refractivity contribution in [3.63, 3.8) is 0 Å². The molecule has 1 atom stereocenters. The molecule has 11 heavy (non-hydrogen) atoms. The van der Waals surface area contributed by atoms with E-state index in [1.807, 2.05) is 11.8 Å². The summed E-state index contributed by atoms with van der Waals surface area (Å²) in [5.74, 6) is 0. The molecule has 1 fully saturated rings. The highest BCUT2D eigenvalue weighted by Gasteiger charge is 2.36. The maximum Gasteiger partial charge on any atom is 0.172 e. The zero-order chi connectivity index (χ0) is 8.32. The lowest BCUT2D eigenvalue weighted by Gasteiger charge is -2.19. The smallest absolute Gasteiger partial charge is 0.172 e. The molecule has 0 spiro atoms. The van der Waals surface area contributed by atoms with E-state index in [0.717, 1.165) is 13.0 Å². The number of hydrogen-bond acceptors (Lipinski definition) is 1. The van der Waals surface area contributed by atoms with Gasteiger partial charge in [-0.1, -0.05) is 6.92 Å². The monoisotopic (exact) mass is 181 g/mol. The van der Waals surface area contributed by atoms with Gasteiger partial charge in [-0.3, -0.25) is 0 Å². The number of halogens is 2. The van der Waals surface area contributed by atoms with Crippen molar-refractivity contribution < 1.29 is 9.19 Å². The maximum atomic E-state index is 13.6. The summed E-state index contributed by atoms with van der Waals surface area (Å²) >= 11 is 5.58. The van der Waals surface area contributed by atoms with E-state index in [0.29, 0.717) is 25.8 Å².